The summed E-state index contributed by atoms with van der Waals surface area (Å²) in [5.41, 5.74) is 0.483. The number of aromatic nitrogens is 1. The molecule has 1 aromatic heterocycles. The minimum absolute atomic E-state index is 0.243. The Labute approximate surface area is 88.7 Å². The van der Waals surface area contributed by atoms with E-state index >= 15 is 0 Å². The van der Waals surface area contributed by atoms with E-state index in [1.54, 1.807) is 12.3 Å². The Hall–Kier alpha value is -1.00. The van der Waals surface area contributed by atoms with Crippen molar-refractivity contribution in [1.82, 2.24) is 10.3 Å². The van der Waals surface area contributed by atoms with Crippen LogP contribution in [0.5, 0.6) is 0 Å². The molecule has 0 spiro atoms. The van der Waals surface area contributed by atoms with Gasteiger partial charge in [0.05, 0.1) is 12.3 Å². The molecule has 0 aromatic carbocycles. The lowest BCUT2D eigenvalue weighted by molar-refractivity contribution is 0.185. The number of hydrogen-bond acceptors (Lipinski definition) is 3. The van der Waals surface area contributed by atoms with Gasteiger partial charge in [0.1, 0.15) is 5.82 Å². The molecule has 0 saturated carbocycles. The lowest BCUT2D eigenvalue weighted by Crippen LogP contribution is -2.23. The van der Waals surface area contributed by atoms with Gasteiger partial charge in [0.25, 0.3) is 0 Å². The van der Waals surface area contributed by atoms with Crippen molar-refractivity contribution in [2.75, 3.05) is 19.8 Å². The third-order valence-electron chi connectivity index (χ3n) is 2.58. The van der Waals surface area contributed by atoms with Crippen molar-refractivity contribution in [3.05, 3.63) is 29.8 Å². The molecule has 2 rings (SSSR count). The molecular weight excluding hydrogens is 195 g/mol. The Bertz CT molecular complexity index is 313. The Balaban J connectivity index is 1.75. The summed E-state index contributed by atoms with van der Waals surface area (Å²) in [4.78, 5) is 3.97. The third kappa shape index (κ3) is 2.97. The van der Waals surface area contributed by atoms with E-state index in [0.717, 1.165) is 26.2 Å². The molecule has 1 aromatic rings. The van der Waals surface area contributed by atoms with E-state index in [2.05, 4.69) is 10.3 Å². The van der Waals surface area contributed by atoms with Crippen molar-refractivity contribution in [2.24, 2.45) is 5.92 Å². The van der Waals surface area contributed by atoms with E-state index in [9.17, 15) is 4.39 Å². The van der Waals surface area contributed by atoms with Gasteiger partial charge in [0.2, 0.25) is 0 Å². The molecule has 15 heavy (non-hydrogen) atoms. The van der Waals surface area contributed by atoms with E-state index in [0.29, 0.717) is 18.2 Å². The van der Waals surface area contributed by atoms with Crippen LogP contribution in [0.3, 0.4) is 0 Å². The van der Waals surface area contributed by atoms with Crippen LogP contribution in [0, 0.1) is 11.7 Å². The van der Waals surface area contributed by atoms with Crippen LogP contribution in [0.25, 0.3) is 0 Å². The molecule has 1 N–H and O–H groups in total. The first-order chi connectivity index (χ1) is 7.36. The van der Waals surface area contributed by atoms with Gasteiger partial charge in [0.15, 0.2) is 0 Å². The number of halogens is 1. The average molecular weight is 210 g/mol. The maximum absolute atomic E-state index is 13.2. The van der Waals surface area contributed by atoms with E-state index in [1.807, 2.05) is 0 Å². The van der Waals surface area contributed by atoms with Crippen molar-refractivity contribution >= 4 is 0 Å². The highest BCUT2D eigenvalue weighted by Crippen LogP contribution is 2.11. The molecule has 1 aliphatic heterocycles. The minimum Gasteiger partial charge on any atom is -0.381 e. The van der Waals surface area contributed by atoms with Crippen LogP contribution in [0.15, 0.2) is 18.3 Å². The van der Waals surface area contributed by atoms with Crippen LogP contribution in [0.2, 0.25) is 0 Å². The fourth-order valence-electron chi connectivity index (χ4n) is 1.69. The number of nitrogens with zero attached hydrogens (tertiary/aromatic N) is 1. The monoisotopic (exact) mass is 210 g/mol. The van der Waals surface area contributed by atoms with Crippen LogP contribution in [0.4, 0.5) is 4.39 Å². The SMILES string of the molecule is Fc1cccnc1CNCC1CCOC1. The molecule has 0 radical (unpaired) electrons. The second-order valence-corrected chi connectivity index (χ2v) is 3.79. The molecule has 0 amide bonds. The van der Waals surface area contributed by atoms with Crippen LogP contribution in [-0.4, -0.2) is 24.7 Å². The second-order valence-electron chi connectivity index (χ2n) is 3.79. The normalized spacial score (nSPS) is 20.7. The van der Waals surface area contributed by atoms with Crippen molar-refractivity contribution in [1.29, 1.82) is 0 Å². The van der Waals surface area contributed by atoms with Gasteiger partial charge < -0.3 is 10.1 Å². The Kier molecular flexibility index (Phi) is 3.64. The molecule has 82 valence electrons. The summed E-state index contributed by atoms with van der Waals surface area (Å²) in [6.07, 6.45) is 2.70. The van der Waals surface area contributed by atoms with Crippen molar-refractivity contribution in [3.63, 3.8) is 0 Å². The van der Waals surface area contributed by atoms with Gasteiger partial charge in [-0.15, -0.1) is 0 Å². The highest BCUT2D eigenvalue weighted by atomic mass is 19.1. The topological polar surface area (TPSA) is 34.2 Å². The third-order valence-corrected chi connectivity index (χ3v) is 2.58. The fraction of sp³-hybridized carbons (Fsp3) is 0.545. The highest BCUT2D eigenvalue weighted by molar-refractivity contribution is 5.06. The van der Waals surface area contributed by atoms with E-state index in [4.69, 9.17) is 4.74 Å². The molecule has 1 fully saturated rings. The van der Waals surface area contributed by atoms with Crippen molar-refractivity contribution in [3.8, 4) is 0 Å². The van der Waals surface area contributed by atoms with Gasteiger partial charge in [-0.1, -0.05) is 0 Å². The molecule has 1 unspecified atom stereocenters. The Morgan fingerprint density at radius 2 is 2.53 bits per heavy atom. The zero-order valence-electron chi connectivity index (χ0n) is 8.58. The van der Waals surface area contributed by atoms with E-state index < -0.39 is 0 Å². The maximum atomic E-state index is 13.2. The number of hydrogen-bond donors (Lipinski definition) is 1. The van der Waals surface area contributed by atoms with Gasteiger partial charge in [-0.3, -0.25) is 4.98 Å². The average Bonchev–Trinajstić information content (AvgIpc) is 2.74. The fourth-order valence-corrected chi connectivity index (χ4v) is 1.69. The van der Waals surface area contributed by atoms with Gasteiger partial charge in [-0.2, -0.15) is 0 Å². The molecule has 0 aliphatic carbocycles. The molecule has 2 heterocycles. The summed E-state index contributed by atoms with van der Waals surface area (Å²) in [5.74, 6) is 0.324. The summed E-state index contributed by atoms with van der Waals surface area (Å²) in [6, 6.07) is 3.03. The first-order valence-electron chi connectivity index (χ1n) is 5.24. The smallest absolute Gasteiger partial charge is 0.146 e. The standard InChI is InChI=1S/C11H15FN2O/c12-10-2-1-4-14-11(10)7-13-6-9-3-5-15-8-9/h1-2,4,9,13H,3,5-8H2. The number of rotatable bonds is 4. The molecule has 0 bridgehead atoms. The zero-order valence-corrected chi connectivity index (χ0v) is 8.58. The second kappa shape index (κ2) is 5.19. The molecule has 4 heteroatoms. The summed E-state index contributed by atoms with van der Waals surface area (Å²) >= 11 is 0. The van der Waals surface area contributed by atoms with Crippen LogP contribution >= 0.6 is 0 Å². The van der Waals surface area contributed by atoms with E-state index in [1.165, 1.54) is 6.07 Å². The largest absolute Gasteiger partial charge is 0.381 e. The van der Waals surface area contributed by atoms with Crippen LogP contribution in [0.1, 0.15) is 12.1 Å². The first kappa shape index (κ1) is 10.5. The zero-order chi connectivity index (χ0) is 10.5. The molecule has 1 atom stereocenters. The molecule has 1 aliphatic rings. The Morgan fingerprint density at radius 3 is 3.27 bits per heavy atom. The van der Waals surface area contributed by atoms with E-state index in [-0.39, 0.29) is 5.82 Å². The van der Waals surface area contributed by atoms with Crippen LogP contribution in [-0.2, 0) is 11.3 Å². The quantitative estimate of drug-likeness (QED) is 0.814. The summed E-state index contributed by atoms with van der Waals surface area (Å²) < 4.78 is 18.4. The van der Waals surface area contributed by atoms with Crippen LogP contribution < -0.4 is 5.32 Å². The van der Waals surface area contributed by atoms with Crippen molar-refractivity contribution < 1.29 is 9.13 Å². The number of ether oxygens (including phenoxy) is 1. The predicted molar refractivity (Wildman–Crippen MR) is 54.8 cm³/mol. The predicted octanol–water partition coefficient (Wildman–Crippen LogP) is 1.35. The first-order valence-corrected chi connectivity index (χ1v) is 5.24. The summed E-state index contributed by atoms with van der Waals surface area (Å²) in [5, 5.41) is 3.20. The molecule has 3 nitrogen and oxygen atoms in total. The van der Waals surface area contributed by atoms with Gasteiger partial charge in [-0.05, 0) is 24.5 Å². The highest BCUT2D eigenvalue weighted by Gasteiger charge is 2.14. The van der Waals surface area contributed by atoms with Gasteiger partial charge in [-0.25, -0.2) is 4.39 Å². The minimum atomic E-state index is -0.243. The van der Waals surface area contributed by atoms with Crippen molar-refractivity contribution in [2.45, 2.75) is 13.0 Å². The van der Waals surface area contributed by atoms with Gasteiger partial charge >= 0.3 is 0 Å². The summed E-state index contributed by atoms with van der Waals surface area (Å²) in [7, 11) is 0. The molecular formula is C11H15FN2O. The lowest BCUT2D eigenvalue weighted by Gasteiger charge is -2.08. The lowest BCUT2D eigenvalue weighted by atomic mass is 10.1. The summed E-state index contributed by atoms with van der Waals surface area (Å²) in [6.45, 7) is 3.03. The molecule has 1 saturated heterocycles. The Morgan fingerprint density at radius 1 is 1.60 bits per heavy atom. The number of nitrogens with one attached hydrogen (secondary N) is 1. The van der Waals surface area contributed by atoms with Gasteiger partial charge in [0, 0.05) is 25.9 Å². The maximum Gasteiger partial charge on any atom is 0.146 e. The number of pyridine rings is 1.